The maximum Gasteiger partial charge on any atom is 0.338 e. The summed E-state index contributed by atoms with van der Waals surface area (Å²) in [5.74, 6) is -2.66. The smallest absolute Gasteiger partial charge is 0.338 e. The molecule has 2 aromatic rings. The van der Waals surface area contributed by atoms with Crippen LogP contribution in [0.5, 0.6) is 11.5 Å². The Morgan fingerprint density at radius 2 is 1.81 bits per heavy atom. The first-order chi connectivity index (χ1) is 14.9. The molecular formula is C21H22ClFN2O6. The summed E-state index contributed by atoms with van der Waals surface area (Å²) in [6, 6.07) is 8.01. The zero-order chi connectivity index (χ0) is 22.8. The number of hydrazine groups is 1. The minimum absolute atomic E-state index is 0.0560. The van der Waals surface area contributed by atoms with Gasteiger partial charge in [0, 0.05) is 0 Å². The maximum absolute atomic E-state index is 13.6. The molecule has 0 saturated carbocycles. The molecule has 31 heavy (non-hydrogen) atoms. The SMILES string of the molecule is CCCOc1c(Cl)cc(C(=O)OCC(=O)NNC(=O)c2ccccc2F)cc1OCC. The van der Waals surface area contributed by atoms with Gasteiger partial charge in [-0.05, 0) is 37.6 Å². The summed E-state index contributed by atoms with van der Waals surface area (Å²) in [4.78, 5) is 36.0. The van der Waals surface area contributed by atoms with Crippen LogP contribution >= 0.6 is 11.6 Å². The van der Waals surface area contributed by atoms with E-state index in [1.165, 1.54) is 30.3 Å². The third kappa shape index (κ3) is 6.85. The molecule has 0 aromatic heterocycles. The predicted molar refractivity (Wildman–Crippen MR) is 111 cm³/mol. The number of benzene rings is 2. The standard InChI is InChI=1S/C21H22ClFN2O6/c1-3-9-30-19-15(22)10-13(11-17(19)29-4-2)21(28)31-12-18(26)24-25-20(27)14-7-5-6-8-16(14)23/h5-8,10-11H,3-4,9,12H2,1-2H3,(H,24,26)(H,25,27). The lowest BCUT2D eigenvalue weighted by Gasteiger charge is -2.14. The number of rotatable bonds is 9. The molecule has 2 rings (SSSR count). The van der Waals surface area contributed by atoms with Crippen LogP contribution in [0.3, 0.4) is 0 Å². The lowest BCUT2D eigenvalue weighted by molar-refractivity contribution is -0.125. The molecule has 10 heteroatoms. The van der Waals surface area contributed by atoms with Crippen LogP contribution in [0, 0.1) is 5.82 Å². The fourth-order valence-corrected chi connectivity index (χ4v) is 2.65. The molecule has 0 aliphatic carbocycles. The quantitative estimate of drug-likeness (QED) is 0.447. The molecule has 0 bridgehead atoms. The average Bonchev–Trinajstić information content (AvgIpc) is 2.75. The Labute approximate surface area is 183 Å². The van der Waals surface area contributed by atoms with Crippen molar-refractivity contribution in [2.75, 3.05) is 19.8 Å². The van der Waals surface area contributed by atoms with Crippen molar-refractivity contribution in [3.05, 3.63) is 58.4 Å². The van der Waals surface area contributed by atoms with Gasteiger partial charge in [-0.1, -0.05) is 30.7 Å². The summed E-state index contributed by atoms with van der Waals surface area (Å²) in [5, 5.41) is 0.160. The van der Waals surface area contributed by atoms with Gasteiger partial charge in [0.2, 0.25) is 0 Å². The van der Waals surface area contributed by atoms with Crippen LogP contribution in [0.4, 0.5) is 4.39 Å². The second-order valence-corrected chi connectivity index (χ2v) is 6.53. The van der Waals surface area contributed by atoms with Crippen LogP contribution in [0.25, 0.3) is 0 Å². The van der Waals surface area contributed by atoms with E-state index in [4.69, 9.17) is 25.8 Å². The number of amides is 2. The summed E-state index contributed by atoms with van der Waals surface area (Å²) < 4.78 is 29.5. The number of ether oxygens (including phenoxy) is 3. The van der Waals surface area contributed by atoms with Crippen molar-refractivity contribution < 1.29 is 33.0 Å². The van der Waals surface area contributed by atoms with Gasteiger partial charge >= 0.3 is 5.97 Å². The topological polar surface area (TPSA) is 103 Å². The highest BCUT2D eigenvalue weighted by Gasteiger charge is 2.18. The van der Waals surface area contributed by atoms with Gasteiger partial charge in [-0.3, -0.25) is 20.4 Å². The van der Waals surface area contributed by atoms with Crippen molar-refractivity contribution >= 4 is 29.4 Å². The largest absolute Gasteiger partial charge is 0.490 e. The Balaban J connectivity index is 1.94. The van der Waals surface area contributed by atoms with E-state index >= 15 is 0 Å². The van der Waals surface area contributed by atoms with E-state index in [9.17, 15) is 18.8 Å². The molecule has 2 N–H and O–H groups in total. The first kappa shape index (κ1) is 23.9. The number of hydrogen-bond donors (Lipinski definition) is 2. The minimum atomic E-state index is -0.853. The van der Waals surface area contributed by atoms with E-state index in [-0.39, 0.29) is 21.9 Å². The van der Waals surface area contributed by atoms with Crippen LogP contribution in [-0.4, -0.2) is 37.6 Å². The van der Waals surface area contributed by atoms with Gasteiger partial charge in [0.15, 0.2) is 18.1 Å². The van der Waals surface area contributed by atoms with E-state index in [1.807, 2.05) is 17.8 Å². The summed E-state index contributed by atoms with van der Waals surface area (Å²) in [6.07, 6.45) is 0.758. The van der Waals surface area contributed by atoms with Gasteiger partial charge in [0.25, 0.3) is 11.8 Å². The number of hydrogen-bond acceptors (Lipinski definition) is 6. The maximum atomic E-state index is 13.6. The lowest BCUT2D eigenvalue weighted by Crippen LogP contribution is -2.43. The Morgan fingerprint density at radius 1 is 1.06 bits per heavy atom. The van der Waals surface area contributed by atoms with Gasteiger partial charge in [-0.2, -0.15) is 0 Å². The van der Waals surface area contributed by atoms with Gasteiger partial charge in [0.1, 0.15) is 5.82 Å². The first-order valence-corrected chi connectivity index (χ1v) is 9.85. The molecule has 0 radical (unpaired) electrons. The molecule has 0 saturated heterocycles. The summed E-state index contributed by atoms with van der Waals surface area (Å²) in [7, 11) is 0. The van der Waals surface area contributed by atoms with Gasteiger partial charge in [-0.15, -0.1) is 0 Å². The second kappa shape index (κ2) is 11.8. The van der Waals surface area contributed by atoms with Crippen molar-refractivity contribution in [1.82, 2.24) is 10.9 Å². The summed E-state index contributed by atoms with van der Waals surface area (Å²) in [5.41, 5.74) is 3.88. The van der Waals surface area contributed by atoms with E-state index in [2.05, 4.69) is 0 Å². The molecule has 0 aliphatic heterocycles. The third-order valence-corrected chi connectivity index (χ3v) is 4.04. The molecule has 2 amide bonds. The zero-order valence-corrected chi connectivity index (χ0v) is 17.8. The van der Waals surface area contributed by atoms with Crippen molar-refractivity contribution in [2.24, 2.45) is 0 Å². The molecule has 8 nitrogen and oxygen atoms in total. The van der Waals surface area contributed by atoms with E-state index in [1.54, 1.807) is 6.92 Å². The van der Waals surface area contributed by atoms with Crippen LogP contribution in [0.2, 0.25) is 5.02 Å². The van der Waals surface area contributed by atoms with Crippen LogP contribution < -0.4 is 20.3 Å². The number of nitrogens with one attached hydrogen (secondary N) is 2. The Bertz CT molecular complexity index is 953. The van der Waals surface area contributed by atoms with Crippen molar-refractivity contribution in [2.45, 2.75) is 20.3 Å². The van der Waals surface area contributed by atoms with E-state index in [0.717, 1.165) is 12.5 Å². The van der Waals surface area contributed by atoms with Crippen LogP contribution in [-0.2, 0) is 9.53 Å². The molecule has 0 fully saturated rings. The number of carbonyl (C=O) groups excluding carboxylic acids is 3. The molecule has 0 spiro atoms. The van der Waals surface area contributed by atoms with E-state index < -0.39 is 30.2 Å². The third-order valence-electron chi connectivity index (χ3n) is 3.76. The molecular weight excluding hydrogens is 431 g/mol. The highest BCUT2D eigenvalue weighted by molar-refractivity contribution is 6.32. The molecule has 0 aliphatic rings. The molecule has 2 aromatic carbocycles. The van der Waals surface area contributed by atoms with E-state index in [0.29, 0.717) is 19.0 Å². The second-order valence-electron chi connectivity index (χ2n) is 6.13. The zero-order valence-electron chi connectivity index (χ0n) is 17.0. The molecule has 0 unspecified atom stereocenters. The van der Waals surface area contributed by atoms with Crippen molar-refractivity contribution in [1.29, 1.82) is 0 Å². The Kier molecular flexibility index (Phi) is 9.08. The minimum Gasteiger partial charge on any atom is -0.490 e. The molecule has 166 valence electrons. The predicted octanol–water partition coefficient (Wildman–Crippen LogP) is 3.28. The highest BCUT2D eigenvalue weighted by atomic mass is 35.5. The highest BCUT2D eigenvalue weighted by Crippen LogP contribution is 2.37. The lowest BCUT2D eigenvalue weighted by atomic mass is 10.2. The van der Waals surface area contributed by atoms with Crippen LogP contribution in [0.1, 0.15) is 41.0 Å². The first-order valence-electron chi connectivity index (χ1n) is 9.47. The number of esters is 1. The van der Waals surface area contributed by atoms with Crippen LogP contribution in [0.15, 0.2) is 36.4 Å². The van der Waals surface area contributed by atoms with Gasteiger partial charge < -0.3 is 14.2 Å². The summed E-state index contributed by atoms with van der Waals surface area (Å²) in [6.45, 7) is 3.75. The Morgan fingerprint density at radius 3 is 2.48 bits per heavy atom. The normalized spacial score (nSPS) is 10.2. The van der Waals surface area contributed by atoms with Gasteiger partial charge in [0.05, 0.1) is 29.4 Å². The van der Waals surface area contributed by atoms with Crippen molar-refractivity contribution in [3.8, 4) is 11.5 Å². The Hall–Kier alpha value is -3.33. The monoisotopic (exact) mass is 452 g/mol. The number of carbonyl (C=O) groups is 3. The fourth-order valence-electron chi connectivity index (χ4n) is 2.38. The fraction of sp³-hybridized carbons (Fsp3) is 0.286. The van der Waals surface area contributed by atoms with Crippen molar-refractivity contribution in [3.63, 3.8) is 0 Å². The van der Waals surface area contributed by atoms with Gasteiger partial charge in [-0.25, -0.2) is 9.18 Å². The molecule has 0 atom stereocenters. The average molecular weight is 453 g/mol. The number of halogens is 2. The molecule has 0 heterocycles. The summed E-state index contributed by atoms with van der Waals surface area (Å²) >= 11 is 6.20.